The summed E-state index contributed by atoms with van der Waals surface area (Å²) in [7, 11) is 0. The molecule has 3 aliphatic carbocycles. The van der Waals surface area contributed by atoms with Gasteiger partial charge in [0, 0.05) is 18.4 Å². The van der Waals surface area contributed by atoms with E-state index in [2.05, 4.69) is 20.8 Å². The molecule has 7 atom stereocenters. The fourth-order valence-corrected chi connectivity index (χ4v) is 7.16. The molecule has 0 aliphatic heterocycles. The Balaban J connectivity index is 1.89. The summed E-state index contributed by atoms with van der Waals surface area (Å²) in [6, 6.07) is 0. The summed E-state index contributed by atoms with van der Waals surface area (Å²) >= 11 is 0. The standard InChI is InChI=1S/C23H36F2O3/c1-5-17-18-6-7-20(21(24)25)23(18,4)11-9-19(17)22(3)10-8-16(27)12-15(22)13-28-14(2)26/h15-19,27H,5-13H2,1-4H3/t15-,16+,17+,18?,19?,22+,23+/m1/s1. The van der Waals surface area contributed by atoms with Gasteiger partial charge in [0.15, 0.2) is 0 Å². The number of ether oxygens (including phenoxy) is 1. The van der Waals surface area contributed by atoms with Crippen LogP contribution in [-0.4, -0.2) is 23.8 Å². The van der Waals surface area contributed by atoms with Gasteiger partial charge in [0.05, 0.1) is 12.7 Å². The van der Waals surface area contributed by atoms with E-state index in [1.54, 1.807) is 0 Å². The third-order valence-electron chi connectivity index (χ3n) is 8.76. The van der Waals surface area contributed by atoms with Gasteiger partial charge in [-0.05, 0) is 73.5 Å². The molecule has 3 fully saturated rings. The molecule has 28 heavy (non-hydrogen) atoms. The van der Waals surface area contributed by atoms with Crippen LogP contribution < -0.4 is 0 Å². The summed E-state index contributed by atoms with van der Waals surface area (Å²) in [6.45, 7) is 8.32. The van der Waals surface area contributed by atoms with Gasteiger partial charge in [0.25, 0.3) is 6.08 Å². The van der Waals surface area contributed by atoms with Gasteiger partial charge >= 0.3 is 5.97 Å². The molecule has 0 heterocycles. The molecule has 0 saturated heterocycles. The maximum atomic E-state index is 13.6. The zero-order valence-electron chi connectivity index (χ0n) is 17.8. The average molecular weight is 399 g/mol. The number of hydrogen-bond donors (Lipinski definition) is 1. The lowest BCUT2D eigenvalue weighted by atomic mass is 9.49. The zero-order valence-corrected chi connectivity index (χ0v) is 17.8. The molecule has 0 amide bonds. The molecule has 1 N–H and O–H groups in total. The molecule has 3 saturated carbocycles. The molecule has 3 rings (SSSR count). The molecule has 3 aliphatic rings. The molecule has 5 heteroatoms. The van der Waals surface area contributed by atoms with Crippen molar-refractivity contribution in [3.05, 3.63) is 11.7 Å². The third kappa shape index (κ3) is 3.64. The van der Waals surface area contributed by atoms with E-state index in [0.29, 0.717) is 42.8 Å². The van der Waals surface area contributed by atoms with Gasteiger partial charge < -0.3 is 9.84 Å². The number of carbonyl (C=O) groups excluding carboxylic acids is 1. The van der Waals surface area contributed by atoms with Gasteiger partial charge in [0.1, 0.15) is 0 Å². The average Bonchev–Trinajstić information content (AvgIpc) is 2.99. The van der Waals surface area contributed by atoms with E-state index >= 15 is 0 Å². The Bertz CT molecular complexity index is 629. The summed E-state index contributed by atoms with van der Waals surface area (Å²) in [5, 5.41) is 10.3. The van der Waals surface area contributed by atoms with E-state index in [-0.39, 0.29) is 28.8 Å². The van der Waals surface area contributed by atoms with Crippen LogP contribution in [0.1, 0.15) is 79.1 Å². The second-order valence-corrected chi connectivity index (χ2v) is 9.95. The van der Waals surface area contributed by atoms with Crippen LogP contribution in [-0.2, 0) is 9.53 Å². The van der Waals surface area contributed by atoms with Crippen LogP contribution in [0.4, 0.5) is 8.78 Å². The van der Waals surface area contributed by atoms with Crippen molar-refractivity contribution < 1.29 is 23.4 Å². The summed E-state index contributed by atoms with van der Waals surface area (Å²) in [4.78, 5) is 11.4. The number of aliphatic hydroxyl groups is 1. The molecular formula is C23H36F2O3. The summed E-state index contributed by atoms with van der Waals surface area (Å²) in [6.07, 6.45) is 4.65. The van der Waals surface area contributed by atoms with Gasteiger partial charge in [-0.3, -0.25) is 4.79 Å². The predicted octanol–water partition coefficient (Wildman–Crippen LogP) is 5.72. The molecule has 0 radical (unpaired) electrons. The Morgan fingerprint density at radius 3 is 2.50 bits per heavy atom. The van der Waals surface area contributed by atoms with Crippen molar-refractivity contribution in [2.24, 2.45) is 34.5 Å². The lowest BCUT2D eigenvalue weighted by Gasteiger charge is -2.56. The van der Waals surface area contributed by atoms with E-state index in [4.69, 9.17) is 4.74 Å². The molecule has 0 spiro atoms. The van der Waals surface area contributed by atoms with Crippen LogP contribution in [0.5, 0.6) is 0 Å². The summed E-state index contributed by atoms with van der Waals surface area (Å²) in [5.41, 5.74) is -0.00123. The molecular weight excluding hydrogens is 362 g/mol. The first kappa shape index (κ1) is 21.7. The largest absolute Gasteiger partial charge is 0.466 e. The fraction of sp³-hybridized carbons (Fsp3) is 0.870. The van der Waals surface area contributed by atoms with Crippen molar-refractivity contribution in [3.8, 4) is 0 Å². The minimum Gasteiger partial charge on any atom is -0.466 e. The lowest BCUT2D eigenvalue weighted by molar-refractivity contribution is -0.149. The van der Waals surface area contributed by atoms with Gasteiger partial charge in [-0.15, -0.1) is 0 Å². The van der Waals surface area contributed by atoms with Crippen LogP contribution in [0.25, 0.3) is 0 Å². The highest BCUT2D eigenvalue weighted by Crippen LogP contribution is 2.65. The minimum atomic E-state index is -1.46. The van der Waals surface area contributed by atoms with Gasteiger partial charge in [-0.25, -0.2) is 0 Å². The third-order valence-corrected chi connectivity index (χ3v) is 8.76. The molecule has 0 aromatic rings. The summed E-state index contributed by atoms with van der Waals surface area (Å²) < 4.78 is 32.6. The second-order valence-electron chi connectivity index (χ2n) is 9.95. The minimum absolute atomic E-state index is 0.0303. The number of fused-ring (bicyclic) bond motifs is 1. The van der Waals surface area contributed by atoms with E-state index in [1.165, 1.54) is 6.92 Å². The molecule has 0 aromatic heterocycles. The van der Waals surface area contributed by atoms with Gasteiger partial charge in [-0.2, -0.15) is 8.78 Å². The number of aliphatic hydroxyl groups excluding tert-OH is 1. The topological polar surface area (TPSA) is 46.5 Å². The first-order valence-electron chi connectivity index (χ1n) is 11.0. The van der Waals surface area contributed by atoms with E-state index in [9.17, 15) is 18.7 Å². The number of halogens is 2. The lowest BCUT2D eigenvalue weighted by Crippen LogP contribution is -2.51. The Labute approximate surface area is 167 Å². The van der Waals surface area contributed by atoms with Gasteiger partial charge in [0.2, 0.25) is 0 Å². The SMILES string of the molecule is CC[C@H]1C2CCC(=C(F)F)[C@@]2(C)CCC1[C@@]1(C)CC[C@H](O)C[C@@H]1COC(C)=O. The highest BCUT2D eigenvalue weighted by molar-refractivity contribution is 5.65. The molecule has 160 valence electrons. The second kappa shape index (κ2) is 8.04. The highest BCUT2D eigenvalue weighted by atomic mass is 19.3. The smallest absolute Gasteiger partial charge is 0.302 e. The molecule has 0 aromatic carbocycles. The van der Waals surface area contributed by atoms with Crippen molar-refractivity contribution in [2.75, 3.05) is 6.61 Å². The van der Waals surface area contributed by atoms with Crippen LogP contribution >= 0.6 is 0 Å². The maximum absolute atomic E-state index is 13.6. The van der Waals surface area contributed by atoms with Gasteiger partial charge in [-0.1, -0.05) is 27.2 Å². The van der Waals surface area contributed by atoms with Crippen LogP contribution in [0.3, 0.4) is 0 Å². The van der Waals surface area contributed by atoms with Crippen molar-refractivity contribution in [1.82, 2.24) is 0 Å². The maximum Gasteiger partial charge on any atom is 0.302 e. The predicted molar refractivity (Wildman–Crippen MR) is 105 cm³/mol. The zero-order chi connectivity index (χ0) is 20.7. The van der Waals surface area contributed by atoms with Crippen LogP contribution in [0.15, 0.2) is 11.7 Å². The Kier molecular flexibility index (Phi) is 6.24. The fourth-order valence-electron chi connectivity index (χ4n) is 7.16. The Morgan fingerprint density at radius 1 is 1.18 bits per heavy atom. The molecule has 2 unspecified atom stereocenters. The summed E-state index contributed by atoms with van der Waals surface area (Å²) in [5.74, 6) is 0.958. The normalized spacial score (nSPS) is 43.5. The Morgan fingerprint density at radius 2 is 1.89 bits per heavy atom. The van der Waals surface area contributed by atoms with Crippen LogP contribution in [0, 0.1) is 34.5 Å². The van der Waals surface area contributed by atoms with E-state index < -0.39 is 6.08 Å². The van der Waals surface area contributed by atoms with Crippen molar-refractivity contribution >= 4 is 5.97 Å². The number of allylic oxidation sites excluding steroid dienone is 1. The first-order chi connectivity index (χ1) is 13.1. The van der Waals surface area contributed by atoms with E-state index in [1.807, 2.05) is 0 Å². The van der Waals surface area contributed by atoms with Crippen molar-refractivity contribution in [3.63, 3.8) is 0 Å². The van der Waals surface area contributed by atoms with Crippen molar-refractivity contribution in [2.45, 2.75) is 85.2 Å². The monoisotopic (exact) mass is 398 g/mol. The first-order valence-corrected chi connectivity index (χ1v) is 11.0. The van der Waals surface area contributed by atoms with Crippen molar-refractivity contribution in [1.29, 1.82) is 0 Å². The number of hydrogen-bond acceptors (Lipinski definition) is 3. The Hall–Kier alpha value is -0.970. The molecule has 3 nitrogen and oxygen atoms in total. The molecule has 0 bridgehead atoms. The number of carbonyl (C=O) groups is 1. The quantitative estimate of drug-likeness (QED) is 0.616. The van der Waals surface area contributed by atoms with Crippen LogP contribution in [0.2, 0.25) is 0 Å². The number of rotatable bonds is 4. The van der Waals surface area contributed by atoms with E-state index in [0.717, 1.165) is 38.5 Å². The highest BCUT2D eigenvalue weighted by Gasteiger charge is 2.57. The number of esters is 1.